The average molecular weight is 536 g/mol. The lowest BCUT2D eigenvalue weighted by Crippen LogP contribution is -2.45. The van der Waals surface area contributed by atoms with Gasteiger partial charge in [0, 0.05) is 11.1 Å². The van der Waals surface area contributed by atoms with E-state index < -0.39 is 11.9 Å². The first-order valence-electron chi connectivity index (χ1n) is 12.6. The molecule has 8 heteroatoms. The first-order chi connectivity index (χ1) is 18.9. The zero-order valence-electron chi connectivity index (χ0n) is 21.5. The van der Waals surface area contributed by atoms with Gasteiger partial charge in [-0.25, -0.2) is 9.88 Å². The molecule has 0 aliphatic carbocycles. The van der Waals surface area contributed by atoms with Crippen molar-refractivity contribution in [3.63, 3.8) is 0 Å². The van der Waals surface area contributed by atoms with E-state index in [-0.39, 0.29) is 24.8 Å². The van der Waals surface area contributed by atoms with Gasteiger partial charge >= 0.3 is 0 Å². The number of anilines is 1. The number of benzene rings is 3. The highest BCUT2D eigenvalue weighted by atomic mass is 32.1. The Bertz CT molecular complexity index is 1710. The minimum atomic E-state index is -0.942. The summed E-state index contributed by atoms with van der Waals surface area (Å²) in [6.45, 7) is 4.03. The molecule has 0 spiro atoms. The van der Waals surface area contributed by atoms with Crippen LogP contribution in [0.15, 0.2) is 89.5 Å². The zero-order chi connectivity index (χ0) is 27.1. The second-order valence-corrected chi connectivity index (χ2v) is 10.7. The zero-order valence-corrected chi connectivity index (χ0v) is 22.3. The average Bonchev–Trinajstić information content (AvgIpc) is 3.66. The third-order valence-corrected chi connectivity index (χ3v) is 7.91. The molecule has 3 aromatic carbocycles. The molecule has 3 heterocycles. The number of rotatable bonds is 6. The summed E-state index contributed by atoms with van der Waals surface area (Å²) < 4.78 is 6.59. The summed E-state index contributed by atoms with van der Waals surface area (Å²) in [4.78, 5) is 47.8. The standard InChI is InChI=1S/C31H25N3O4S/c1-19-5-3-6-22(15-19)30(36)33(18-24-7-4-14-38-24)26-17-28(35)34(31(26)37)23-11-9-21(10-12-23)29-32-25-13-8-20(2)16-27(25)39-29/h3-16,26H,17-18H2,1-2H3. The van der Waals surface area contributed by atoms with Gasteiger partial charge in [0.05, 0.1) is 35.1 Å². The van der Waals surface area contributed by atoms with Crippen molar-refractivity contribution in [2.45, 2.75) is 32.9 Å². The maximum atomic E-state index is 13.7. The molecular formula is C31H25N3O4S. The number of thiazole rings is 1. The Kier molecular flexibility index (Phi) is 6.32. The van der Waals surface area contributed by atoms with Crippen LogP contribution in [0.3, 0.4) is 0 Å². The van der Waals surface area contributed by atoms with Crippen LogP contribution in [0.5, 0.6) is 0 Å². The summed E-state index contributed by atoms with van der Waals surface area (Å²) >= 11 is 1.60. The monoisotopic (exact) mass is 535 g/mol. The highest BCUT2D eigenvalue weighted by Crippen LogP contribution is 2.33. The Balaban J connectivity index is 1.28. The maximum Gasteiger partial charge on any atom is 0.257 e. The van der Waals surface area contributed by atoms with Crippen LogP contribution < -0.4 is 4.90 Å². The van der Waals surface area contributed by atoms with Gasteiger partial charge in [-0.2, -0.15) is 0 Å². The predicted molar refractivity (Wildman–Crippen MR) is 150 cm³/mol. The molecule has 1 atom stereocenters. The largest absolute Gasteiger partial charge is 0.467 e. The summed E-state index contributed by atoms with van der Waals surface area (Å²) in [5.74, 6) is -0.583. The van der Waals surface area contributed by atoms with E-state index in [0.29, 0.717) is 17.0 Å². The molecule has 3 amide bonds. The molecule has 6 rings (SSSR count). The van der Waals surface area contributed by atoms with Gasteiger partial charge in [0.15, 0.2) is 0 Å². The third kappa shape index (κ3) is 4.75. The first-order valence-corrected chi connectivity index (χ1v) is 13.4. The Morgan fingerprint density at radius 2 is 1.79 bits per heavy atom. The molecule has 39 heavy (non-hydrogen) atoms. The molecule has 194 valence electrons. The van der Waals surface area contributed by atoms with E-state index in [0.717, 1.165) is 26.4 Å². The fourth-order valence-corrected chi connectivity index (χ4v) is 5.95. The number of carbonyl (C=O) groups excluding carboxylic acids is 3. The van der Waals surface area contributed by atoms with Gasteiger partial charge in [0.2, 0.25) is 5.91 Å². The topological polar surface area (TPSA) is 83.7 Å². The number of carbonyl (C=O) groups is 3. The minimum absolute atomic E-state index is 0.0767. The lowest BCUT2D eigenvalue weighted by atomic mass is 10.1. The van der Waals surface area contributed by atoms with Gasteiger partial charge in [-0.3, -0.25) is 14.4 Å². The number of hydrogen-bond acceptors (Lipinski definition) is 6. The summed E-state index contributed by atoms with van der Waals surface area (Å²) in [7, 11) is 0. The van der Waals surface area contributed by atoms with E-state index >= 15 is 0 Å². The molecule has 1 saturated heterocycles. The van der Waals surface area contributed by atoms with Crippen LogP contribution in [0.25, 0.3) is 20.8 Å². The van der Waals surface area contributed by atoms with Crippen molar-refractivity contribution in [2.24, 2.45) is 0 Å². The lowest BCUT2D eigenvalue weighted by molar-refractivity contribution is -0.122. The number of aryl methyl sites for hydroxylation is 2. The Labute approximate surface area is 229 Å². The Morgan fingerprint density at radius 3 is 2.54 bits per heavy atom. The summed E-state index contributed by atoms with van der Waals surface area (Å²) in [6.07, 6.45) is 1.42. The smallest absolute Gasteiger partial charge is 0.257 e. The summed E-state index contributed by atoms with van der Waals surface area (Å²) in [5.41, 5.74) is 4.87. The van der Waals surface area contributed by atoms with Crippen molar-refractivity contribution in [3.05, 3.63) is 108 Å². The van der Waals surface area contributed by atoms with Gasteiger partial charge in [0.25, 0.3) is 11.8 Å². The van der Waals surface area contributed by atoms with Crippen molar-refractivity contribution < 1.29 is 18.8 Å². The molecule has 7 nitrogen and oxygen atoms in total. The maximum absolute atomic E-state index is 13.7. The molecule has 2 aromatic heterocycles. The van der Waals surface area contributed by atoms with Crippen molar-refractivity contribution in [1.29, 1.82) is 0 Å². The lowest BCUT2D eigenvalue weighted by Gasteiger charge is -2.27. The summed E-state index contributed by atoms with van der Waals surface area (Å²) in [6, 6.07) is 23.1. The van der Waals surface area contributed by atoms with E-state index in [2.05, 4.69) is 13.0 Å². The van der Waals surface area contributed by atoms with Crippen molar-refractivity contribution in [1.82, 2.24) is 9.88 Å². The van der Waals surface area contributed by atoms with Crippen molar-refractivity contribution >= 4 is 45.0 Å². The number of hydrogen-bond donors (Lipinski definition) is 0. The van der Waals surface area contributed by atoms with Crippen LogP contribution in [-0.2, 0) is 16.1 Å². The Hall–Kier alpha value is -4.56. The van der Waals surface area contributed by atoms with Crippen LogP contribution in [0, 0.1) is 13.8 Å². The van der Waals surface area contributed by atoms with E-state index in [4.69, 9.17) is 9.40 Å². The molecule has 1 aliphatic heterocycles. The second-order valence-electron chi connectivity index (χ2n) is 9.71. The molecule has 1 aliphatic rings. The fraction of sp³-hybridized carbons (Fsp3) is 0.161. The van der Waals surface area contributed by atoms with Gasteiger partial charge in [-0.1, -0.05) is 23.8 Å². The molecule has 1 fully saturated rings. The fourth-order valence-electron chi connectivity index (χ4n) is 4.88. The molecule has 1 unspecified atom stereocenters. The predicted octanol–water partition coefficient (Wildman–Crippen LogP) is 6.15. The molecule has 0 saturated carbocycles. The first kappa shape index (κ1) is 24.8. The number of aromatic nitrogens is 1. The van der Waals surface area contributed by atoms with Gasteiger partial charge in [0.1, 0.15) is 16.8 Å². The molecular weight excluding hydrogens is 510 g/mol. The van der Waals surface area contributed by atoms with Crippen LogP contribution >= 0.6 is 11.3 Å². The third-order valence-electron chi connectivity index (χ3n) is 6.85. The molecule has 0 bridgehead atoms. The number of amides is 3. The normalized spacial score (nSPS) is 15.3. The number of fused-ring (bicyclic) bond motifs is 1. The number of furan rings is 1. The van der Waals surface area contributed by atoms with E-state index in [1.165, 1.54) is 21.6 Å². The number of nitrogens with zero attached hydrogens (tertiary/aromatic N) is 3. The van der Waals surface area contributed by atoms with Crippen LogP contribution in [0.2, 0.25) is 0 Å². The molecule has 5 aromatic rings. The number of imide groups is 1. The molecule has 0 radical (unpaired) electrons. The van der Waals surface area contributed by atoms with Crippen molar-refractivity contribution in [3.8, 4) is 10.6 Å². The quantitative estimate of drug-likeness (QED) is 0.244. The van der Waals surface area contributed by atoms with Crippen LogP contribution in [-0.4, -0.2) is 33.6 Å². The highest BCUT2D eigenvalue weighted by molar-refractivity contribution is 7.21. The minimum Gasteiger partial charge on any atom is -0.467 e. The SMILES string of the molecule is Cc1cccc(C(=O)N(Cc2ccco2)C2CC(=O)N(c3ccc(-c4nc5ccc(C)cc5s4)cc3)C2=O)c1. The molecule has 0 N–H and O–H groups in total. The van der Waals surface area contributed by atoms with Gasteiger partial charge in [-0.05, 0) is 80.1 Å². The van der Waals surface area contributed by atoms with Gasteiger partial charge in [-0.15, -0.1) is 11.3 Å². The van der Waals surface area contributed by atoms with Gasteiger partial charge < -0.3 is 9.32 Å². The Morgan fingerprint density at radius 1 is 1.00 bits per heavy atom. The van der Waals surface area contributed by atoms with E-state index in [9.17, 15) is 14.4 Å². The van der Waals surface area contributed by atoms with Crippen LogP contribution in [0.1, 0.15) is 33.7 Å². The highest BCUT2D eigenvalue weighted by Gasteiger charge is 2.44. The van der Waals surface area contributed by atoms with E-state index in [1.807, 2.05) is 37.3 Å². The second kappa shape index (κ2) is 9.96. The summed E-state index contributed by atoms with van der Waals surface area (Å²) in [5, 5.41) is 0.868. The van der Waals surface area contributed by atoms with Crippen molar-refractivity contribution in [2.75, 3.05) is 4.90 Å². The van der Waals surface area contributed by atoms with Crippen LogP contribution in [0.4, 0.5) is 5.69 Å². The van der Waals surface area contributed by atoms with E-state index in [1.54, 1.807) is 53.8 Å².